The second kappa shape index (κ2) is 11.3. The summed E-state index contributed by atoms with van der Waals surface area (Å²) in [5, 5.41) is 0. The van der Waals surface area contributed by atoms with E-state index in [2.05, 4.69) is 16.7 Å². The van der Waals surface area contributed by atoms with Gasteiger partial charge in [0.25, 0.3) is 10.1 Å². The van der Waals surface area contributed by atoms with Crippen molar-refractivity contribution in [1.29, 1.82) is 0 Å². The first-order valence-electron chi connectivity index (χ1n) is 4.96. The van der Waals surface area contributed by atoms with Gasteiger partial charge in [0.05, 0.1) is 5.75 Å². The molecule has 0 aromatic heterocycles. The molecule has 0 fully saturated rings. The van der Waals surface area contributed by atoms with Gasteiger partial charge in [-0.2, -0.15) is 18.2 Å². The van der Waals surface area contributed by atoms with Gasteiger partial charge >= 0.3 is 29.6 Å². The van der Waals surface area contributed by atoms with Crippen molar-refractivity contribution in [2.75, 3.05) is 18.8 Å². The predicted molar refractivity (Wildman–Crippen MR) is 57.2 cm³/mol. The van der Waals surface area contributed by atoms with Gasteiger partial charge in [-0.15, -0.1) is 0 Å². The Labute approximate surface area is 116 Å². The van der Waals surface area contributed by atoms with Crippen molar-refractivity contribution in [3.8, 4) is 0 Å². The van der Waals surface area contributed by atoms with Crippen LogP contribution in [0.1, 0.15) is 34.0 Å². The monoisotopic (exact) mass is 248 g/mol. The minimum atomic E-state index is -3.40. The van der Waals surface area contributed by atoms with Crippen LogP contribution >= 0.6 is 0 Å². The summed E-state index contributed by atoms with van der Waals surface area (Å²) in [6.07, 6.45) is 3.73. The van der Waals surface area contributed by atoms with Crippen molar-refractivity contribution in [3.05, 3.63) is 0 Å². The largest absolute Gasteiger partial charge is 1.00 e. The summed E-state index contributed by atoms with van der Waals surface area (Å²) in [5.41, 5.74) is 7.46. The zero-order valence-electron chi connectivity index (χ0n) is 10.7. The fourth-order valence-corrected chi connectivity index (χ4v) is 1.84. The molecular formula is C8H21N2NaO3S. The molecule has 0 spiro atoms. The van der Waals surface area contributed by atoms with Crippen LogP contribution in [0.4, 0.5) is 0 Å². The summed E-state index contributed by atoms with van der Waals surface area (Å²) in [5.74, 6) is 0.0740. The Morgan fingerprint density at radius 3 is 2.53 bits per heavy atom. The van der Waals surface area contributed by atoms with E-state index in [1.807, 2.05) is 0 Å². The summed E-state index contributed by atoms with van der Waals surface area (Å²) in [7, 11) is -3.40. The van der Waals surface area contributed by atoms with Crippen molar-refractivity contribution in [2.24, 2.45) is 5.73 Å². The maximum Gasteiger partial charge on any atom is 1.00 e. The molecule has 0 bridgehead atoms. The predicted octanol–water partition coefficient (Wildman–Crippen LogP) is -2.51. The van der Waals surface area contributed by atoms with E-state index >= 15 is 0 Å². The molecule has 0 unspecified atom stereocenters. The molecule has 0 aromatic carbocycles. The second-order valence-corrected chi connectivity index (χ2v) is 4.78. The fraction of sp³-hybridized carbons (Fsp3) is 1.00. The number of nitrogens with one attached hydrogen (secondary N) is 1. The third kappa shape index (κ3) is 12.8. The summed E-state index contributed by atoms with van der Waals surface area (Å²) in [6.45, 7) is 2.77. The van der Waals surface area contributed by atoms with E-state index in [9.17, 15) is 8.42 Å². The molecule has 0 saturated heterocycles. The molecule has 0 amide bonds. The quantitative estimate of drug-likeness (QED) is 0.268. The first kappa shape index (κ1) is 18.2. The van der Waals surface area contributed by atoms with Gasteiger partial charge in [-0.3, -0.25) is 0 Å². The van der Waals surface area contributed by atoms with Crippen LogP contribution in [0.3, 0.4) is 0 Å². The summed E-state index contributed by atoms with van der Waals surface area (Å²) in [6, 6.07) is 0. The average Bonchev–Trinajstić information content (AvgIpc) is 2.13. The Hall–Kier alpha value is 0.830. The maximum atomic E-state index is 11.1. The third-order valence-corrected chi connectivity index (χ3v) is 2.84. The van der Waals surface area contributed by atoms with Crippen molar-refractivity contribution in [2.45, 2.75) is 32.6 Å². The number of nitrogens with two attached hydrogens (primary N) is 1. The van der Waals surface area contributed by atoms with E-state index in [0.29, 0.717) is 19.5 Å². The van der Waals surface area contributed by atoms with Crippen molar-refractivity contribution in [3.63, 3.8) is 0 Å². The summed E-state index contributed by atoms with van der Waals surface area (Å²) >= 11 is 0. The normalized spacial score (nSPS) is 11.1. The first-order valence-corrected chi connectivity index (χ1v) is 6.54. The maximum absolute atomic E-state index is 11.1. The standard InChI is InChI=1S/C8H20N2O3S.Na.H/c1-2-3-4-5-8-14(11,12)13-10-7-6-9;;/h10H,2-9H2,1H3;;/q;+1;-1. The molecule has 15 heavy (non-hydrogen) atoms. The Balaban J connectivity index is -0.000000845. The van der Waals surface area contributed by atoms with Gasteiger partial charge in [0.1, 0.15) is 0 Å². The number of hydrogen-bond acceptors (Lipinski definition) is 5. The van der Waals surface area contributed by atoms with Gasteiger partial charge in [0.15, 0.2) is 0 Å². The van der Waals surface area contributed by atoms with Gasteiger partial charge in [-0.1, -0.05) is 26.2 Å². The third-order valence-electron chi connectivity index (χ3n) is 1.68. The first-order chi connectivity index (χ1) is 6.62. The van der Waals surface area contributed by atoms with E-state index in [-0.39, 0.29) is 36.7 Å². The van der Waals surface area contributed by atoms with Gasteiger partial charge in [0.2, 0.25) is 0 Å². The van der Waals surface area contributed by atoms with Crippen LogP contribution in [0.2, 0.25) is 0 Å². The van der Waals surface area contributed by atoms with E-state index in [4.69, 9.17) is 5.73 Å². The van der Waals surface area contributed by atoms with Crippen LogP contribution in [0, 0.1) is 0 Å². The molecule has 3 N–H and O–H groups in total. The summed E-state index contributed by atoms with van der Waals surface area (Å²) < 4.78 is 26.8. The van der Waals surface area contributed by atoms with E-state index < -0.39 is 10.1 Å². The van der Waals surface area contributed by atoms with Gasteiger partial charge in [-0.25, -0.2) is 0 Å². The molecule has 5 nitrogen and oxygen atoms in total. The van der Waals surface area contributed by atoms with E-state index in [1.54, 1.807) is 0 Å². The zero-order valence-corrected chi connectivity index (χ0v) is 12.5. The van der Waals surface area contributed by atoms with Gasteiger partial charge in [0, 0.05) is 13.1 Å². The average molecular weight is 248 g/mol. The number of rotatable bonds is 9. The molecule has 0 rings (SSSR count). The van der Waals surface area contributed by atoms with Crippen molar-refractivity contribution in [1.82, 2.24) is 5.48 Å². The molecule has 7 heteroatoms. The molecule has 0 aliphatic carbocycles. The van der Waals surface area contributed by atoms with Crippen LogP contribution in [-0.2, 0) is 14.4 Å². The van der Waals surface area contributed by atoms with E-state index in [1.165, 1.54) is 0 Å². The fourth-order valence-electron chi connectivity index (χ4n) is 0.938. The Bertz CT molecular complexity index is 227. The SMILES string of the molecule is CCCCCCS(=O)(=O)ONCCN.[H-].[Na+]. The molecule has 0 radical (unpaired) electrons. The zero-order chi connectivity index (χ0) is 10.9. The molecule has 88 valence electrons. The van der Waals surface area contributed by atoms with E-state index in [0.717, 1.165) is 19.3 Å². The Kier molecular flexibility index (Phi) is 13.7. The number of unbranched alkanes of at least 4 members (excludes halogenated alkanes) is 3. The smallest absolute Gasteiger partial charge is 1.00 e. The molecule has 0 aliphatic heterocycles. The van der Waals surface area contributed by atoms with Crippen molar-refractivity contribution >= 4 is 10.1 Å². The van der Waals surface area contributed by atoms with Crippen LogP contribution in [0.25, 0.3) is 0 Å². The van der Waals surface area contributed by atoms with Crippen LogP contribution in [-0.4, -0.2) is 27.3 Å². The molecule has 0 heterocycles. The molecule has 0 saturated carbocycles. The van der Waals surface area contributed by atoms with Crippen LogP contribution in [0.5, 0.6) is 0 Å². The van der Waals surface area contributed by atoms with Gasteiger partial charge in [-0.05, 0) is 6.42 Å². The van der Waals surface area contributed by atoms with Crippen LogP contribution in [0.15, 0.2) is 0 Å². The number of hydrogen-bond donors (Lipinski definition) is 2. The second-order valence-electron chi connectivity index (χ2n) is 3.09. The Morgan fingerprint density at radius 1 is 1.33 bits per heavy atom. The van der Waals surface area contributed by atoms with Gasteiger partial charge < -0.3 is 7.16 Å². The van der Waals surface area contributed by atoms with Crippen molar-refractivity contribution < 1.29 is 43.7 Å². The minimum absolute atomic E-state index is 0. The minimum Gasteiger partial charge on any atom is -1.00 e. The molecule has 0 atom stereocenters. The Morgan fingerprint density at radius 2 is 2.00 bits per heavy atom. The van der Waals surface area contributed by atoms with Crippen LogP contribution < -0.4 is 40.8 Å². The molecule has 0 aromatic rings. The number of hydroxylamine groups is 1. The summed E-state index contributed by atoms with van der Waals surface area (Å²) in [4.78, 5) is 0. The topological polar surface area (TPSA) is 81.4 Å². The molecule has 0 aliphatic rings. The molecular weight excluding hydrogens is 227 g/mol.